The molecule has 0 radical (unpaired) electrons. The van der Waals surface area contributed by atoms with Crippen molar-refractivity contribution in [2.24, 2.45) is 0 Å². The number of aryl methyl sites for hydroxylation is 2. The summed E-state index contributed by atoms with van der Waals surface area (Å²) in [5, 5.41) is 19.2. The van der Waals surface area contributed by atoms with Gasteiger partial charge in [-0.25, -0.2) is 4.68 Å². The van der Waals surface area contributed by atoms with Gasteiger partial charge in [-0.05, 0) is 51.3 Å². The molecule has 6 nitrogen and oxygen atoms in total. The van der Waals surface area contributed by atoms with Crippen LogP contribution in [0.4, 0.5) is 0 Å². The van der Waals surface area contributed by atoms with Gasteiger partial charge in [-0.15, -0.1) is 5.10 Å². The van der Waals surface area contributed by atoms with Crippen LogP contribution in [0.5, 0.6) is 5.75 Å². The second-order valence-corrected chi connectivity index (χ2v) is 7.35. The lowest BCUT2D eigenvalue weighted by Gasteiger charge is -2.21. The summed E-state index contributed by atoms with van der Waals surface area (Å²) in [7, 11) is 0. The van der Waals surface area contributed by atoms with Crippen molar-refractivity contribution in [3.63, 3.8) is 0 Å². The summed E-state index contributed by atoms with van der Waals surface area (Å²) in [6.45, 7) is 11.0. The minimum atomic E-state index is -0.910. The predicted molar refractivity (Wildman–Crippen MR) is 96.8 cm³/mol. The van der Waals surface area contributed by atoms with Gasteiger partial charge in [0.15, 0.2) is 0 Å². The number of β-amino-alcohol motifs (C(OH)–C–C–N with tert-alkyl or cyclic N) is 1. The quantitative estimate of drug-likeness (QED) is 0.872. The van der Waals surface area contributed by atoms with E-state index < -0.39 is 5.60 Å². The molecule has 0 amide bonds. The van der Waals surface area contributed by atoms with Gasteiger partial charge in [-0.1, -0.05) is 17.3 Å². The fourth-order valence-electron chi connectivity index (χ4n) is 3.16. The molecule has 2 heterocycles. The van der Waals surface area contributed by atoms with Crippen molar-refractivity contribution in [1.82, 2.24) is 19.9 Å². The molecule has 1 aromatic carbocycles. The Kier molecular flexibility index (Phi) is 5.11. The van der Waals surface area contributed by atoms with E-state index in [9.17, 15) is 5.11 Å². The van der Waals surface area contributed by atoms with Crippen LogP contribution in [0.15, 0.2) is 24.4 Å². The van der Waals surface area contributed by atoms with Crippen LogP contribution in [-0.2, 0) is 5.60 Å². The summed E-state index contributed by atoms with van der Waals surface area (Å²) in [4.78, 5) is 2.22. The maximum atomic E-state index is 10.9. The molecule has 3 rings (SSSR count). The van der Waals surface area contributed by atoms with E-state index in [1.54, 1.807) is 4.68 Å². The number of hydrogen-bond acceptors (Lipinski definition) is 5. The van der Waals surface area contributed by atoms with Crippen molar-refractivity contribution in [3.05, 3.63) is 41.2 Å². The van der Waals surface area contributed by atoms with Gasteiger partial charge in [0.25, 0.3) is 0 Å². The number of aliphatic hydroxyl groups is 1. The summed E-state index contributed by atoms with van der Waals surface area (Å²) < 4.78 is 7.72. The largest absolute Gasteiger partial charge is 0.492 e. The van der Waals surface area contributed by atoms with Gasteiger partial charge in [-0.2, -0.15) is 0 Å². The second-order valence-electron chi connectivity index (χ2n) is 7.35. The number of likely N-dealkylation sites (tertiary alicyclic amines) is 1. The third-order valence-electron chi connectivity index (χ3n) is 4.85. The highest BCUT2D eigenvalue weighted by Gasteiger charge is 2.40. The van der Waals surface area contributed by atoms with Gasteiger partial charge in [0.05, 0.1) is 6.20 Å². The van der Waals surface area contributed by atoms with Gasteiger partial charge >= 0.3 is 0 Å². The lowest BCUT2D eigenvalue weighted by molar-refractivity contribution is 0.0403. The van der Waals surface area contributed by atoms with Crippen molar-refractivity contribution >= 4 is 0 Å². The summed E-state index contributed by atoms with van der Waals surface area (Å²) in [6, 6.07) is 6.48. The average molecular weight is 344 g/mol. The van der Waals surface area contributed by atoms with Crippen LogP contribution in [0.1, 0.15) is 43.1 Å². The first-order valence-corrected chi connectivity index (χ1v) is 8.94. The molecule has 0 spiro atoms. The molecule has 1 unspecified atom stereocenters. The number of hydrogen-bond donors (Lipinski definition) is 1. The van der Waals surface area contributed by atoms with Crippen molar-refractivity contribution in [2.45, 2.75) is 45.8 Å². The van der Waals surface area contributed by atoms with Crippen molar-refractivity contribution in [1.29, 1.82) is 0 Å². The van der Waals surface area contributed by atoms with Crippen LogP contribution >= 0.6 is 0 Å². The van der Waals surface area contributed by atoms with Crippen LogP contribution in [0, 0.1) is 13.8 Å². The van der Waals surface area contributed by atoms with Crippen molar-refractivity contribution in [2.75, 3.05) is 26.2 Å². The van der Waals surface area contributed by atoms with Gasteiger partial charge in [0.1, 0.15) is 23.7 Å². The SMILES string of the molecule is Cc1ccc(C)c(OCCN2CCC(O)(c3cn(C(C)C)nn3)C2)c1. The Morgan fingerprint density at radius 1 is 1.32 bits per heavy atom. The highest BCUT2D eigenvalue weighted by molar-refractivity contribution is 5.35. The van der Waals surface area contributed by atoms with E-state index in [-0.39, 0.29) is 6.04 Å². The van der Waals surface area contributed by atoms with Crippen LogP contribution in [-0.4, -0.2) is 51.2 Å². The first-order chi connectivity index (χ1) is 11.9. The second kappa shape index (κ2) is 7.14. The zero-order chi connectivity index (χ0) is 18.0. The molecule has 1 aromatic heterocycles. The fraction of sp³-hybridized carbons (Fsp3) is 0.579. The average Bonchev–Trinajstić information content (AvgIpc) is 3.19. The molecule has 1 aliphatic heterocycles. The standard InChI is InChI=1S/C19H28N4O2/c1-14(2)23-12-18(20-21-23)19(24)7-8-22(13-19)9-10-25-17-11-15(3)5-6-16(17)4/h5-6,11-12,14,24H,7-10,13H2,1-4H3. The molecule has 1 fully saturated rings. The Morgan fingerprint density at radius 3 is 2.84 bits per heavy atom. The van der Waals surface area contributed by atoms with Crippen molar-refractivity contribution in [3.8, 4) is 5.75 Å². The lowest BCUT2D eigenvalue weighted by Crippen LogP contribution is -2.33. The van der Waals surface area contributed by atoms with E-state index in [0.29, 0.717) is 25.3 Å². The Labute approximate surface area is 149 Å². The summed E-state index contributed by atoms with van der Waals surface area (Å²) in [6.07, 6.45) is 2.54. The van der Waals surface area contributed by atoms with Gasteiger partial charge in [-0.3, -0.25) is 4.90 Å². The molecule has 1 atom stereocenters. The topological polar surface area (TPSA) is 63.4 Å². The van der Waals surface area contributed by atoms with Gasteiger partial charge < -0.3 is 9.84 Å². The minimum absolute atomic E-state index is 0.244. The normalized spacial score (nSPS) is 21.2. The molecular weight excluding hydrogens is 316 g/mol. The summed E-state index contributed by atoms with van der Waals surface area (Å²) in [5.41, 5.74) is 2.10. The Bertz CT molecular complexity index is 728. The zero-order valence-electron chi connectivity index (χ0n) is 15.6. The molecule has 0 bridgehead atoms. The van der Waals surface area contributed by atoms with Crippen LogP contribution in [0.25, 0.3) is 0 Å². The van der Waals surface area contributed by atoms with E-state index >= 15 is 0 Å². The summed E-state index contributed by atoms with van der Waals surface area (Å²) >= 11 is 0. The zero-order valence-corrected chi connectivity index (χ0v) is 15.6. The Hall–Kier alpha value is -1.92. The van der Waals surface area contributed by atoms with Crippen LogP contribution in [0.2, 0.25) is 0 Å². The number of ether oxygens (including phenoxy) is 1. The van der Waals surface area contributed by atoms with E-state index in [4.69, 9.17) is 4.74 Å². The number of nitrogens with zero attached hydrogens (tertiary/aromatic N) is 4. The number of rotatable bonds is 6. The van der Waals surface area contributed by atoms with Gasteiger partial charge in [0, 0.05) is 25.7 Å². The highest BCUT2D eigenvalue weighted by atomic mass is 16.5. The third-order valence-corrected chi connectivity index (χ3v) is 4.85. The van der Waals surface area contributed by atoms with E-state index in [1.165, 1.54) is 5.56 Å². The fourth-order valence-corrected chi connectivity index (χ4v) is 3.16. The van der Waals surface area contributed by atoms with Crippen LogP contribution < -0.4 is 4.74 Å². The Morgan fingerprint density at radius 2 is 2.12 bits per heavy atom. The predicted octanol–water partition coefficient (Wildman–Crippen LogP) is 2.45. The highest BCUT2D eigenvalue weighted by Crippen LogP contribution is 2.30. The van der Waals surface area contributed by atoms with Crippen LogP contribution in [0.3, 0.4) is 0 Å². The lowest BCUT2D eigenvalue weighted by atomic mass is 10.00. The minimum Gasteiger partial charge on any atom is -0.492 e. The molecular formula is C19H28N4O2. The molecule has 1 aliphatic rings. The van der Waals surface area contributed by atoms with Crippen molar-refractivity contribution < 1.29 is 9.84 Å². The first-order valence-electron chi connectivity index (χ1n) is 8.94. The first kappa shape index (κ1) is 17.9. The molecule has 1 N–H and O–H groups in total. The van der Waals surface area contributed by atoms with Gasteiger partial charge in [0.2, 0.25) is 0 Å². The molecule has 136 valence electrons. The smallest absolute Gasteiger partial charge is 0.124 e. The molecule has 0 aliphatic carbocycles. The maximum Gasteiger partial charge on any atom is 0.124 e. The molecule has 1 saturated heterocycles. The van der Waals surface area contributed by atoms with E-state index in [2.05, 4.69) is 47.3 Å². The van der Waals surface area contributed by atoms with E-state index in [1.807, 2.05) is 20.0 Å². The summed E-state index contributed by atoms with van der Waals surface area (Å²) in [5.74, 6) is 0.939. The molecule has 6 heteroatoms. The van der Waals surface area contributed by atoms with E-state index in [0.717, 1.165) is 24.4 Å². The number of benzene rings is 1. The Balaban J connectivity index is 1.54. The molecule has 0 saturated carbocycles. The third kappa shape index (κ3) is 4.02. The molecule has 2 aromatic rings. The maximum absolute atomic E-state index is 10.9. The monoisotopic (exact) mass is 344 g/mol. The molecule has 25 heavy (non-hydrogen) atoms. The number of aromatic nitrogens is 3.